The van der Waals surface area contributed by atoms with Crippen LogP contribution in [0.15, 0.2) is 33.4 Å². The third-order valence-electron chi connectivity index (χ3n) is 2.51. The monoisotopic (exact) mass is 299 g/mol. The molecule has 2 atom stereocenters. The molecule has 2 rings (SSSR count). The van der Waals surface area contributed by atoms with Crippen molar-refractivity contribution in [1.82, 2.24) is 5.32 Å². The molecular formula is C11H10BrNO4. The van der Waals surface area contributed by atoms with Gasteiger partial charge in [-0.25, -0.2) is 0 Å². The van der Waals surface area contributed by atoms with E-state index in [9.17, 15) is 9.59 Å². The largest absolute Gasteiger partial charge is 0.481 e. The third-order valence-corrected chi connectivity index (χ3v) is 2.94. The van der Waals surface area contributed by atoms with Crippen molar-refractivity contribution in [2.24, 2.45) is 5.92 Å². The molecule has 2 unspecified atom stereocenters. The van der Waals surface area contributed by atoms with Gasteiger partial charge in [0.05, 0.1) is 5.92 Å². The highest BCUT2D eigenvalue weighted by molar-refractivity contribution is 9.10. The minimum atomic E-state index is -0.876. The van der Waals surface area contributed by atoms with Crippen molar-refractivity contribution in [3.8, 4) is 0 Å². The predicted molar refractivity (Wildman–Crippen MR) is 62.5 cm³/mol. The lowest BCUT2D eigenvalue weighted by molar-refractivity contribution is -0.140. The van der Waals surface area contributed by atoms with Crippen molar-refractivity contribution < 1.29 is 19.1 Å². The minimum Gasteiger partial charge on any atom is -0.481 e. The van der Waals surface area contributed by atoms with Crippen LogP contribution in [-0.4, -0.2) is 23.0 Å². The first-order valence-corrected chi connectivity index (χ1v) is 5.83. The van der Waals surface area contributed by atoms with E-state index in [1.54, 1.807) is 24.3 Å². The lowest BCUT2D eigenvalue weighted by Gasteiger charge is -2.10. The SMILES string of the molecule is O=C(NC1C=CC(C(=O)O)C1)c1ccc(Br)o1. The molecule has 0 fully saturated rings. The molecule has 5 nitrogen and oxygen atoms in total. The van der Waals surface area contributed by atoms with Crippen LogP contribution >= 0.6 is 15.9 Å². The summed E-state index contributed by atoms with van der Waals surface area (Å²) >= 11 is 3.10. The Morgan fingerprint density at radius 3 is 2.71 bits per heavy atom. The van der Waals surface area contributed by atoms with Gasteiger partial charge < -0.3 is 14.8 Å². The van der Waals surface area contributed by atoms with E-state index in [1.165, 1.54) is 0 Å². The maximum absolute atomic E-state index is 11.7. The second-order valence-corrected chi connectivity index (χ2v) is 4.53. The van der Waals surface area contributed by atoms with Crippen molar-refractivity contribution in [2.75, 3.05) is 0 Å². The number of carbonyl (C=O) groups is 2. The molecule has 0 bridgehead atoms. The minimum absolute atomic E-state index is 0.198. The number of hydrogen-bond donors (Lipinski definition) is 2. The number of nitrogens with one attached hydrogen (secondary N) is 1. The fourth-order valence-corrected chi connectivity index (χ4v) is 1.97. The van der Waals surface area contributed by atoms with E-state index in [0.717, 1.165) is 0 Å². The molecule has 17 heavy (non-hydrogen) atoms. The van der Waals surface area contributed by atoms with Crippen molar-refractivity contribution in [1.29, 1.82) is 0 Å². The molecule has 0 aromatic carbocycles. The highest BCUT2D eigenvalue weighted by atomic mass is 79.9. The molecule has 6 heteroatoms. The van der Waals surface area contributed by atoms with Gasteiger partial charge in [0.1, 0.15) is 0 Å². The summed E-state index contributed by atoms with van der Waals surface area (Å²) in [6.07, 6.45) is 3.66. The molecule has 90 valence electrons. The number of hydrogen-bond acceptors (Lipinski definition) is 3. The van der Waals surface area contributed by atoms with E-state index < -0.39 is 11.9 Å². The maximum atomic E-state index is 11.7. The highest BCUT2D eigenvalue weighted by Crippen LogP contribution is 2.19. The fraction of sp³-hybridized carbons (Fsp3) is 0.273. The van der Waals surface area contributed by atoms with Gasteiger partial charge in [0.15, 0.2) is 10.4 Å². The highest BCUT2D eigenvalue weighted by Gasteiger charge is 2.26. The average Bonchev–Trinajstić information content (AvgIpc) is 2.86. The lowest BCUT2D eigenvalue weighted by atomic mass is 10.1. The number of amides is 1. The van der Waals surface area contributed by atoms with Crippen LogP contribution in [0.3, 0.4) is 0 Å². The third kappa shape index (κ3) is 2.76. The van der Waals surface area contributed by atoms with Gasteiger partial charge in [-0.3, -0.25) is 9.59 Å². The first kappa shape index (κ1) is 11.9. The van der Waals surface area contributed by atoms with Gasteiger partial charge in [-0.2, -0.15) is 0 Å². The molecule has 1 heterocycles. The Morgan fingerprint density at radius 1 is 1.41 bits per heavy atom. The van der Waals surface area contributed by atoms with E-state index in [1.807, 2.05) is 0 Å². The van der Waals surface area contributed by atoms with Crippen LogP contribution in [0, 0.1) is 5.92 Å². The molecule has 1 amide bonds. The van der Waals surface area contributed by atoms with Crippen molar-refractivity contribution in [3.05, 3.63) is 34.7 Å². The van der Waals surface area contributed by atoms with Crippen LogP contribution in [0.4, 0.5) is 0 Å². The Labute approximate surface area is 106 Å². The van der Waals surface area contributed by atoms with Crippen LogP contribution in [0.2, 0.25) is 0 Å². The summed E-state index contributed by atoms with van der Waals surface area (Å²) in [7, 11) is 0. The Morgan fingerprint density at radius 2 is 2.18 bits per heavy atom. The zero-order chi connectivity index (χ0) is 12.4. The number of aliphatic carboxylic acids is 1. The van der Waals surface area contributed by atoms with E-state index in [-0.39, 0.29) is 17.7 Å². The number of carbonyl (C=O) groups excluding carboxylic acids is 1. The van der Waals surface area contributed by atoms with Crippen LogP contribution in [0.5, 0.6) is 0 Å². The van der Waals surface area contributed by atoms with Crippen molar-refractivity contribution in [3.63, 3.8) is 0 Å². The van der Waals surface area contributed by atoms with Crippen LogP contribution in [0.1, 0.15) is 17.0 Å². The van der Waals surface area contributed by atoms with E-state index in [0.29, 0.717) is 11.1 Å². The molecule has 0 spiro atoms. The number of rotatable bonds is 3. The van der Waals surface area contributed by atoms with E-state index >= 15 is 0 Å². The summed E-state index contributed by atoms with van der Waals surface area (Å²) < 4.78 is 5.57. The number of carboxylic acids is 1. The molecule has 0 saturated carbocycles. The molecule has 1 aromatic rings. The Kier molecular flexibility index (Phi) is 3.33. The van der Waals surface area contributed by atoms with Gasteiger partial charge in [-0.05, 0) is 34.5 Å². The van der Waals surface area contributed by atoms with Gasteiger partial charge in [0.2, 0.25) is 0 Å². The summed E-state index contributed by atoms with van der Waals surface area (Å²) in [6.45, 7) is 0. The zero-order valence-corrected chi connectivity index (χ0v) is 10.3. The first-order valence-electron chi connectivity index (χ1n) is 5.03. The maximum Gasteiger partial charge on any atom is 0.310 e. The second-order valence-electron chi connectivity index (χ2n) is 3.75. The fourth-order valence-electron chi connectivity index (χ4n) is 1.66. The summed E-state index contributed by atoms with van der Waals surface area (Å²) in [4.78, 5) is 22.4. The summed E-state index contributed by atoms with van der Waals surface area (Å²) in [5, 5.41) is 11.5. The van der Waals surface area contributed by atoms with Crippen molar-refractivity contribution in [2.45, 2.75) is 12.5 Å². The van der Waals surface area contributed by atoms with Gasteiger partial charge in [-0.1, -0.05) is 12.2 Å². The van der Waals surface area contributed by atoms with Gasteiger partial charge in [-0.15, -0.1) is 0 Å². The van der Waals surface area contributed by atoms with Crippen LogP contribution in [-0.2, 0) is 4.79 Å². The van der Waals surface area contributed by atoms with E-state index in [4.69, 9.17) is 9.52 Å². The lowest BCUT2D eigenvalue weighted by Crippen LogP contribution is -2.33. The first-order chi connectivity index (χ1) is 8.06. The smallest absolute Gasteiger partial charge is 0.310 e. The average molecular weight is 300 g/mol. The molecule has 0 radical (unpaired) electrons. The standard InChI is InChI=1S/C11H10BrNO4/c12-9-4-3-8(17-9)10(14)13-7-2-1-6(5-7)11(15)16/h1-4,6-7H,5H2,(H,13,14)(H,15,16). The molecule has 1 aliphatic carbocycles. The summed E-state index contributed by atoms with van der Waals surface area (Å²) in [6, 6.07) is 2.92. The predicted octanol–water partition coefficient (Wildman–Crippen LogP) is 1.80. The Hall–Kier alpha value is -1.56. The molecule has 0 saturated heterocycles. The number of furan rings is 1. The Balaban J connectivity index is 1.93. The topological polar surface area (TPSA) is 79.5 Å². The number of carboxylic acid groups (broad SMARTS) is 1. The van der Waals surface area contributed by atoms with Gasteiger partial charge >= 0.3 is 5.97 Å². The summed E-state index contributed by atoms with van der Waals surface area (Å²) in [5.74, 6) is -1.55. The zero-order valence-electron chi connectivity index (χ0n) is 8.72. The van der Waals surface area contributed by atoms with Crippen LogP contribution < -0.4 is 5.32 Å². The van der Waals surface area contributed by atoms with Gasteiger partial charge in [0, 0.05) is 6.04 Å². The summed E-state index contributed by atoms with van der Waals surface area (Å²) in [5.41, 5.74) is 0. The molecule has 1 aliphatic rings. The molecular weight excluding hydrogens is 290 g/mol. The van der Waals surface area contributed by atoms with Crippen molar-refractivity contribution >= 4 is 27.8 Å². The molecule has 1 aromatic heterocycles. The second kappa shape index (κ2) is 4.75. The molecule has 0 aliphatic heterocycles. The van der Waals surface area contributed by atoms with Crippen LogP contribution in [0.25, 0.3) is 0 Å². The normalized spacial score (nSPS) is 22.6. The van der Waals surface area contributed by atoms with Gasteiger partial charge in [0.25, 0.3) is 5.91 Å². The molecule has 2 N–H and O–H groups in total. The quantitative estimate of drug-likeness (QED) is 0.834. The Bertz CT molecular complexity index is 480. The van der Waals surface area contributed by atoms with E-state index in [2.05, 4.69) is 21.2 Å². The number of halogens is 1.